The number of nitriles is 1. The Bertz CT molecular complexity index is 718. The maximum atomic E-state index is 12.9. The Morgan fingerprint density at radius 2 is 2.00 bits per heavy atom. The summed E-state index contributed by atoms with van der Waals surface area (Å²) in [5.41, 5.74) is 2.12. The quantitative estimate of drug-likeness (QED) is 0.446. The molecule has 24 heavy (non-hydrogen) atoms. The summed E-state index contributed by atoms with van der Waals surface area (Å²) in [5, 5.41) is 13.7. The van der Waals surface area contributed by atoms with E-state index in [2.05, 4.69) is 37.4 Å². The van der Waals surface area contributed by atoms with Gasteiger partial charge >= 0.3 is 0 Å². The third-order valence-electron chi connectivity index (χ3n) is 4.01. The third kappa shape index (κ3) is 4.15. The maximum absolute atomic E-state index is 12.9. The fourth-order valence-electron chi connectivity index (χ4n) is 2.64. The Labute approximate surface area is 147 Å². The summed E-state index contributed by atoms with van der Waals surface area (Å²) in [6, 6.07) is 12.3. The first-order valence-corrected chi connectivity index (χ1v) is 8.86. The van der Waals surface area contributed by atoms with E-state index in [0.717, 1.165) is 17.5 Å². The number of amides is 1. The van der Waals surface area contributed by atoms with Crippen LogP contribution in [0.3, 0.4) is 0 Å². The van der Waals surface area contributed by atoms with Gasteiger partial charge in [0.15, 0.2) is 6.19 Å². The van der Waals surface area contributed by atoms with Gasteiger partial charge in [0, 0.05) is 19.0 Å². The van der Waals surface area contributed by atoms with Crippen molar-refractivity contribution in [3.63, 3.8) is 0 Å². The fourth-order valence-corrected chi connectivity index (χ4v) is 3.37. The highest BCUT2D eigenvalue weighted by molar-refractivity contribution is 7.13. The Morgan fingerprint density at radius 3 is 2.58 bits per heavy atom. The summed E-state index contributed by atoms with van der Waals surface area (Å²) in [4.78, 5) is 14.1. The molecular formula is C19H23N3OS. The molecule has 1 unspecified atom stereocenters. The summed E-state index contributed by atoms with van der Waals surface area (Å²) in [6.07, 6.45) is 2.73. The van der Waals surface area contributed by atoms with Gasteiger partial charge in [-0.2, -0.15) is 5.26 Å². The standard InChI is InChI=1S/C19H23N3OS/c1-14(2)11-17(19(23)22(4)21(3)13-20)15-7-5-8-16(12-15)18-9-6-10-24-18/h5-10,12,14,17H,11H2,1-4H3. The minimum Gasteiger partial charge on any atom is -0.272 e. The number of likely N-dealkylation sites (N-methyl/N-ethyl adjacent to an activating group) is 1. The van der Waals surface area contributed by atoms with Crippen LogP contribution in [0.4, 0.5) is 0 Å². The zero-order valence-corrected chi connectivity index (χ0v) is 15.4. The molecular weight excluding hydrogens is 318 g/mol. The van der Waals surface area contributed by atoms with Gasteiger partial charge in [-0.1, -0.05) is 38.1 Å². The van der Waals surface area contributed by atoms with E-state index >= 15 is 0 Å². The molecule has 0 aliphatic rings. The topological polar surface area (TPSA) is 47.3 Å². The molecule has 0 bridgehead atoms. The number of carbonyl (C=O) groups is 1. The molecule has 0 saturated heterocycles. The molecule has 2 aromatic rings. The molecule has 1 aromatic carbocycles. The second-order valence-electron chi connectivity index (χ2n) is 6.27. The predicted octanol–water partition coefficient (Wildman–Crippen LogP) is 4.33. The summed E-state index contributed by atoms with van der Waals surface area (Å²) in [5.74, 6) is 0.0620. The van der Waals surface area contributed by atoms with Crippen LogP contribution in [-0.4, -0.2) is 30.0 Å². The molecule has 0 aliphatic carbocycles. The molecule has 0 aliphatic heterocycles. The van der Waals surface area contributed by atoms with Crippen molar-refractivity contribution in [3.8, 4) is 16.6 Å². The van der Waals surface area contributed by atoms with E-state index in [0.29, 0.717) is 5.92 Å². The summed E-state index contributed by atoms with van der Waals surface area (Å²) >= 11 is 1.69. The molecule has 126 valence electrons. The molecule has 0 saturated carbocycles. The largest absolute Gasteiger partial charge is 0.272 e. The molecule has 5 heteroatoms. The van der Waals surface area contributed by atoms with E-state index in [1.54, 1.807) is 25.4 Å². The van der Waals surface area contributed by atoms with Gasteiger partial charge in [0.2, 0.25) is 5.91 Å². The van der Waals surface area contributed by atoms with E-state index in [4.69, 9.17) is 5.26 Å². The van der Waals surface area contributed by atoms with Crippen LogP contribution in [0.2, 0.25) is 0 Å². The van der Waals surface area contributed by atoms with Crippen LogP contribution in [0.25, 0.3) is 10.4 Å². The summed E-state index contributed by atoms with van der Waals surface area (Å²) in [7, 11) is 3.23. The van der Waals surface area contributed by atoms with Crippen molar-refractivity contribution < 1.29 is 4.79 Å². The fraction of sp³-hybridized carbons (Fsp3) is 0.368. The number of carbonyl (C=O) groups excluding carboxylic acids is 1. The van der Waals surface area contributed by atoms with Crippen molar-refractivity contribution in [1.29, 1.82) is 5.26 Å². The van der Waals surface area contributed by atoms with E-state index in [1.807, 2.05) is 24.4 Å². The van der Waals surface area contributed by atoms with E-state index in [-0.39, 0.29) is 11.8 Å². The number of rotatable bonds is 6. The third-order valence-corrected chi connectivity index (χ3v) is 4.93. The van der Waals surface area contributed by atoms with Crippen LogP contribution >= 0.6 is 11.3 Å². The van der Waals surface area contributed by atoms with Gasteiger partial charge in [0.05, 0.1) is 5.92 Å². The van der Waals surface area contributed by atoms with Crippen LogP contribution in [0, 0.1) is 17.4 Å². The number of nitrogens with zero attached hydrogens (tertiary/aromatic N) is 3. The van der Waals surface area contributed by atoms with E-state index in [9.17, 15) is 4.79 Å². The van der Waals surface area contributed by atoms with Crippen molar-refractivity contribution in [1.82, 2.24) is 10.0 Å². The Kier molecular flexibility index (Phi) is 5.99. The van der Waals surface area contributed by atoms with Gasteiger partial charge in [-0.05, 0) is 41.0 Å². The van der Waals surface area contributed by atoms with Crippen molar-refractivity contribution in [3.05, 3.63) is 47.3 Å². The second kappa shape index (κ2) is 7.98. The molecule has 1 amide bonds. The zero-order valence-electron chi connectivity index (χ0n) is 14.6. The van der Waals surface area contributed by atoms with Crippen LogP contribution < -0.4 is 0 Å². The molecule has 0 radical (unpaired) electrons. The highest BCUT2D eigenvalue weighted by Gasteiger charge is 2.27. The smallest absolute Gasteiger partial charge is 0.248 e. The number of hydrogen-bond acceptors (Lipinski definition) is 4. The van der Waals surface area contributed by atoms with Crippen molar-refractivity contribution >= 4 is 17.2 Å². The molecule has 0 spiro atoms. The molecule has 1 atom stereocenters. The Morgan fingerprint density at radius 1 is 1.25 bits per heavy atom. The molecule has 2 rings (SSSR count). The lowest BCUT2D eigenvalue weighted by Crippen LogP contribution is -2.41. The first-order chi connectivity index (χ1) is 11.4. The second-order valence-corrected chi connectivity index (χ2v) is 7.22. The van der Waals surface area contributed by atoms with Crippen molar-refractivity contribution in [2.24, 2.45) is 5.92 Å². The molecule has 0 N–H and O–H groups in total. The van der Waals surface area contributed by atoms with E-state index in [1.165, 1.54) is 14.9 Å². The number of benzene rings is 1. The molecule has 1 heterocycles. The minimum absolute atomic E-state index is 0.0592. The number of hydrogen-bond donors (Lipinski definition) is 0. The predicted molar refractivity (Wildman–Crippen MR) is 98.1 cm³/mol. The van der Waals surface area contributed by atoms with Crippen LogP contribution in [-0.2, 0) is 4.79 Å². The lowest BCUT2D eigenvalue weighted by atomic mass is 9.88. The highest BCUT2D eigenvalue weighted by Crippen LogP contribution is 2.31. The van der Waals surface area contributed by atoms with Crippen molar-refractivity contribution in [2.45, 2.75) is 26.2 Å². The Hall–Kier alpha value is -2.32. The van der Waals surface area contributed by atoms with Gasteiger partial charge in [-0.25, -0.2) is 10.0 Å². The number of hydrazine groups is 1. The molecule has 0 fully saturated rings. The summed E-state index contributed by atoms with van der Waals surface area (Å²) in [6.45, 7) is 4.22. The maximum Gasteiger partial charge on any atom is 0.248 e. The summed E-state index contributed by atoms with van der Waals surface area (Å²) < 4.78 is 0. The van der Waals surface area contributed by atoms with Crippen molar-refractivity contribution in [2.75, 3.05) is 14.1 Å². The average molecular weight is 341 g/mol. The van der Waals surface area contributed by atoms with Gasteiger partial charge in [-0.15, -0.1) is 11.3 Å². The van der Waals surface area contributed by atoms with Gasteiger partial charge < -0.3 is 0 Å². The van der Waals surface area contributed by atoms with Crippen LogP contribution in [0.15, 0.2) is 41.8 Å². The van der Waals surface area contributed by atoms with Gasteiger partial charge in [-0.3, -0.25) is 4.79 Å². The Balaban J connectivity index is 2.36. The van der Waals surface area contributed by atoms with Gasteiger partial charge in [0.1, 0.15) is 0 Å². The molecule has 1 aromatic heterocycles. The first-order valence-electron chi connectivity index (χ1n) is 7.98. The molecule has 4 nitrogen and oxygen atoms in total. The SMILES string of the molecule is CC(C)CC(C(=O)N(C)N(C)C#N)c1cccc(-c2cccs2)c1. The normalized spacial score (nSPS) is 11.8. The lowest BCUT2D eigenvalue weighted by molar-refractivity contribution is -0.141. The van der Waals surface area contributed by atoms with Crippen LogP contribution in [0.5, 0.6) is 0 Å². The van der Waals surface area contributed by atoms with Gasteiger partial charge in [0.25, 0.3) is 0 Å². The highest BCUT2D eigenvalue weighted by atomic mass is 32.1. The van der Waals surface area contributed by atoms with Crippen LogP contribution in [0.1, 0.15) is 31.7 Å². The van der Waals surface area contributed by atoms with E-state index < -0.39 is 0 Å². The average Bonchev–Trinajstić information content (AvgIpc) is 3.12. The first kappa shape index (κ1) is 18.0. The minimum atomic E-state index is -0.259. The lowest BCUT2D eigenvalue weighted by Gasteiger charge is -2.28. The number of thiophene rings is 1. The zero-order chi connectivity index (χ0) is 17.7. The monoisotopic (exact) mass is 341 g/mol.